The number of aryl methyl sites for hydroxylation is 1. The van der Waals surface area contributed by atoms with Gasteiger partial charge in [-0.1, -0.05) is 42.9 Å². The normalized spacial score (nSPS) is 12.1. The summed E-state index contributed by atoms with van der Waals surface area (Å²) in [7, 11) is 0. The molecule has 0 saturated heterocycles. The summed E-state index contributed by atoms with van der Waals surface area (Å²) >= 11 is 1.25. The van der Waals surface area contributed by atoms with Gasteiger partial charge in [-0.3, -0.25) is 9.59 Å². The number of rotatable bonds is 6. The summed E-state index contributed by atoms with van der Waals surface area (Å²) in [6.07, 6.45) is 1.67. The molecule has 1 atom stereocenters. The van der Waals surface area contributed by atoms with E-state index < -0.39 is 6.04 Å². The van der Waals surface area contributed by atoms with Gasteiger partial charge in [0.2, 0.25) is 16.0 Å². The third kappa shape index (κ3) is 4.03. The molecule has 1 unspecified atom stereocenters. The molecule has 0 bridgehead atoms. The fourth-order valence-electron chi connectivity index (χ4n) is 2.32. The number of nitrogens with zero attached hydrogens (tertiary/aromatic N) is 3. The first-order valence-corrected chi connectivity index (χ1v) is 8.90. The monoisotopic (exact) mass is 357 g/mol. The smallest absolute Gasteiger partial charge is 0.275 e. The van der Waals surface area contributed by atoms with Crippen LogP contribution in [0.1, 0.15) is 26.0 Å². The van der Waals surface area contributed by atoms with E-state index in [0.717, 1.165) is 24.2 Å². The molecule has 0 fully saturated rings. The Balaban J connectivity index is 1.74. The van der Waals surface area contributed by atoms with Crippen molar-refractivity contribution in [2.75, 3.05) is 10.6 Å². The number of carbonyl (C=O) groups is 1. The van der Waals surface area contributed by atoms with E-state index in [4.69, 9.17) is 0 Å². The van der Waals surface area contributed by atoms with Gasteiger partial charge in [-0.2, -0.15) is 4.52 Å². The van der Waals surface area contributed by atoms with Crippen LogP contribution in [0.5, 0.6) is 0 Å². The zero-order valence-electron chi connectivity index (χ0n) is 14.0. The summed E-state index contributed by atoms with van der Waals surface area (Å²) in [4.78, 5) is 29.3. The second-order valence-corrected chi connectivity index (χ2v) is 6.61. The Morgan fingerprint density at radius 1 is 1.32 bits per heavy atom. The second-order valence-electron chi connectivity index (χ2n) is 5.66. The van der Waals surface area contributed by atoms with E-state index in [0.29, 0.717) is 10.1 Å². The van der Waals surface area contributed by atoms with Crippen molar-refractivity contribution in [3.05, 3.63) is 52.4 Å². The van der Waals surface area contributed by atoms with Crippen LogP contribution < -0.4 is 16.2 Å². The van der Waals surface area contributed by atoms with Crippen LogP contribution in [0.25, 0.3) is 4.96 Å². The maximum Gasteiger partial charge on any atom is 0.275 e. The van der Waals surface area contributed by atoms with Crippen LogP contribution in [0.15, 0.2) is 41.2 Å². The molecule has 0 radical (unpaired) electrons. The number of nitrogens with one attached hydrogen (secondary N) is 2. The van der Waals surface area contributed by atoms with E-state index in [1.54, 1.807) is 6.92 Å². The maximum absolute atomic E-state index is 12.3. The van der Waals surface area contributed by atoms with Crippen LogP contribution in [-0.4, -0.2) is 26.5 Å². The number of amides is 1. The van der Waals surface area contributed by atoms with Crippen molar-refractivity contribution in [2.45, 2.75) is 32.7 Å². The lowest BCUT2D eigenvalue weighted by Crippen LogP contribution is -2.31. The van der Waals surface area contributed by atoms with Gasteiger partial charge in [0, 0.05) is 17.4 Å². The Labute approximate surface area is 148 Å². The summed E-state index contributed by atoms with van der Waals surface area (Å²) < 4.78 is 1.26. The number of hydrogen-bond acceptors (Lipinski definition) is 6. The first-order valence-electron chi connectivity index (χ1n) is 8.09. The summed E-state index contributed by atoms with van der Waals surface area (Å²) in [5.74, 6) is -0.183. The number of benzene rings is 1. The first-order chi connectivity index (χ1) is 12.1. The van der Waals surface area contributed by atoms with Gasteiger partial charge in [0.15, 0.2) is 0 Å². The minimum atomic E-state index is -0.508. The van der Waals surface area contributed by atoms with E-state index >= 15 is 0 Å². The lowest BCUT2D eigenvalue weighted by molar-refractivity contribution is -0.116. The molecule has 3 rings (SSSR count). The number of para-hydroxylation sites is 1. The van der Waals surface area contributed by atoms with Gasteiger partial charge < -0.3 is 10.6 Å². The van der Waals surface area contributed by atoms with Crippen LogP contribution >= 0.6 is 11.3 Å². The summed E-state index contributed by atoms with van der Waals surface area (Å²) in [6.45, 7) is 3.78. The predicted molar refractivity (Wildman–Crippen MR) is 99.3 cm³/mol. The molecule has 1 amide bonds. The average molecular weight is 357 g/mol. The number of fused-ring (bicyclic) bond motifs is 1. The van der Waals surface area contributed by atoms with Crippen molar-refractivity contribution >= 4 is 33.0 Å². The zero-order valence-corrected chi connectivity index (χ0v) is 14.8. The molecule has 8 heteroatoms. The van der Waals surface area contributed by atoms with E-state index in [9.17, 15) is 9.59 Å². The molecule has 0 aliphatic rings. The highest BCUT2D eigenvalue weighted by Gasteiger charge is 2.16. The highest BCUT2D eigenvalue weighted by molar-refractivity contribution is 7.20. The Hall–Kier alpha value is -2.74. The molecule has 0 spiro atoms. The summed E-state index contributed by atoms with van der Waals surface area (Å²) in [6, 6.07) is 10.2. The minimum Gasteiger partial charge on any atom is -0.349 e. The first kappa shape index (κ1) is 17.1. The molecule has 7 nitrogen and oxygen atoms in total. The lowest BCUT2D eigenvalue weighted by Gasteiger charge is -2.12. The molecule has 2 aromatic heterocycles. The Kier molecular flexibility index (Phi) is 5.08. The fourth-order valence-corrected chi connectivity index (χ4v) is 3.23. The van der Waals surface area contributed by atoms with E-state index in [2.05, 4.69) is 20.7 Å². The molecule has 1 aromatic carbocycles. The Morgan fingerprint density at radius 2 is 2.08 bits per heavy atom. The number of anilines is 2. The van der Waals surface area contributed by atoms with Crippen molar-refractivity contribution in [1.29, 1.82) is 0 Å². The number of hydrogen-bond donors (Lipinski definition) is 2. The minimum absolute atomic E-state index is 0.183. The molecular formula is C17H19N5O2S. The van der Waals surface area contributed by atoms with Crippen molar-refractivity contribution in [3.8, 4) is 0 Å². The van der Waals surface area contributed by atoms with Crippen LogP contribution in [0, 0.1) is 0 Å². The molecule has 0 saturated carbocycles. The molecule has 3 aromatic rings. The average Bonchev–Trinajstić information content (AvgIpc) is 2.99. The van der Waals surface area contributed by atoms with E-state index in [1.807, 2.05) is 37.3 Å². The molecule has 0 aliphatic carbocycles. The molecule has 2 heterocycles. The highest BCUT2D eigenvalue weighted by atomic mass is 32.1. The lowest BCUT2D eigenvalue weighted by atomic mass is 10.2. The summed E-state index contributed by atoms with van der Waals surface area (Å²) in [5, 5.41) is 10.5. The number of carbonyl (C=O) groups excluding carboxylic acids is 1. The molecule has 2 N–H and O–H groups in total. The summed E-state index contributed by atoms with van der Waals surface area (Å²) in [5.41, 5.74) is 1.28. The van der Waals surface area contributed by atoms with Gasteiger partial charge in [-0.05, 0) is 25.5 Å². The van der Waals surface area contributed by atoms with E-state index in [-0.39, 0.29) is 11.5 Å². The molecule has 25 heavy (non-hydrogen) atoms. The van der Waals surface area contributed by atoms with Crippen molar-refractivity contribution < 1.29 is 4.79 Å². The zero-order chi connectivity index (χ0) is 17.8. The Bertz CT molecular complexity index is 935. The number of aromatic nitrogens is 3. The molecule has 0 aliphatic heterocycles. The van der Waals surface area contributed by atoms with Gasteiger partial charge in [0.1, 0.15) is 6.04 Å². The second kappa shape index (κ2) is 7.43. The Morgan fingerprint density at radius 3 is 2.80 bits per heavy atom. The van der Waals surface area contributed by atoms with Crippen LogP contribution in [-0.2, 0) is 11.2 Å². The van der Waals surface area contributed by atoms with Gasteiger partial charge >= 0.3 is 0 Å². The van der Waals surface area contributed by atoms with Gasteiger partial charge in [-0.15, -0.1) is 5.10 Å². The standard InChI is InChI=1S/C17H19N5O2S/c1-3-7-13-10-14(23)22-17(20-13)25-16(21-22)18-11(2)15(24)19-12-8-5-4-6-9-12/h4-6,8-11H,3,7H2,1-2H3,(H,18,21)(H,19,24). The van der Waals surface area contributed by atoms with Crippen molar-refractivity contribution in [2.24, 2.45) is 0 Å². The van der Waals surface area contributed by atoms with Gasteiger partial charge in [-0.25, -0.2) is 4.98 Å². The fraction of sp³-hybridized carbons (Fsp3) is 0.294. The predicted octanol–water partition coefficient (Wildman–Crippen LogP) is 2.54. The van der Waals surface area contributed by atoms with Gasteiger partial charge in [0.05, 0.1) is 0 Å². The topological polar surface area (TPSA) is 88.4 Å². The quantitative estimate of drug-likeness (QED) is 0.708. The van der Waals surface area contributed by atoms with Gasteiger partial charge in [0.25, 0.3) is 5.56 Å². The highest BCUT2D eigenvalue weighted by Crippen LogP contribution is 2.18. The maximum atomic E-state index is 12.3. The van der Waals surface area contributed by atoms with Crippen molar-refractivity contribution in [3.63, 3.8) is 0 Å². The van der Waals surface area contributed by atoms with E-state index in [1.165, 1.54) is 21.9 Å². The van der Waals surface area contributed by atoms with Crippen molar-refractivity contribution in [1.82, 2.24) is 14.6 Å². The third-order valence-corrected chi connectivity index (χ3v) is 4.42. The van der Waals surface area contributed by atoms with Crippen LogP contribution in [0.2, 0.25) is 0 Å². The third-order valence-electron chi connectivity index (χ3n) is 3.58. The molecule has 130 valence electrons. The molecular weight excluding hydrogens is 338 g/mol. The SMILES string of the molecule is CCCc1cc(=O)n2nc(NC(C)C(=O)Nc3ccccc3)sc2n1. The van der Waals surface area contributed by atoms with Crippen LogP contribution in [0.4, 0.5) is 10.8 Å². The largest absolute Gasteiger partial charge is 0.349 e. The van der Waals surface area contributed by atoms with Crippen LogP contribution in [0.3, 0.4) is 0 Å².